The van der Waals surface area contributed by atoms with Gasteiger partial charge in [-0.05, 0) is 60.4 Å². The van der Waals surface area contributed by atoms with Crippen molar-refractivity contribution in [2.45, 2.75) is 45.3 Å². The molecular formula is C36H34ClN7O3. The van der Waals surface area contributed by atoms with Crippen molar-refractivity contribution in [1.29, 1.82) is 0 Å². The predicted molar refractivity (Wildman–Crippen MR) is 180 cm³/mol. The number of fused-ring (bicyclic) bond motifs is 3. The molecule has 2 aliphatic heterocycles. The SMILES string of the molecule is CC(C)(C)[C@H](NC(=O)c1cc2ccccc2[nH]1)C(=O)N1C[C@@H]2C[C@H]1CN2C(=O)c1ccc(-c2cccc(-c3cccc(Cl)n3)n2)cn1. The van der Waals surface area contributed by atoms with Gasteiger partial charge in [0.25, 0.3) is 11.8 Å². The number of piperazine rings is 1. The Morgan fingerprint density at radius 3 is 2.26 bits per heavy atom. The summed E-state index contributed by atoms with van der Waals surface area (Å²) in [5.74, 6) is -0.625. The molecule has 3 amide bonds. The molecule has 0 aliphatic carbocycles. The molecule has 0 unspecified atom stereocenters. The van der Waals surface area contributed by atoms with Crippen molar-refractivity contribution in [3.05, 3.63) is 102 Å². The Balaban J connectivity index is 1.02. The first-order valence-electron chi connectivity index (χ1n) is 15.6. The molecular weight excluding hydrogens is 614 g/mol. The second-order valence-electron chi connectivity index (χ2n) is 13.2. The van der Waals surface area contributed by atoms with Crippen LogP contribution in [0.25, 0.3) is 33.5 Å². The zero-order valence-electron chi connectivity index (χ0n) is 26.3. The smallest absolute Gasteiger partial charge is 0.272 e. The largest absolute Gasteiger partial charge is 0.351 e. The van der Waals surface area contributed by atoms with Crippen molar-refractivity contribution in [2.75, 3.05) is 13.1 Å². The number of nitrogens with zero attached hydrogens (tertiary/aromatic N) is 5. The molecule has 2 N–H and O–H groups in total. The first-order valence-corrected chi connectivity index (χ1v) is 16.0. The minimum Gasteiger partial charge on any atom is -0.351 e. The quantitative estimate of drug-likeness (QED) is 0.231. The summed E-state index contributed by atoms with van der Waals surface area (Å²) in [7, 11) is 0. The van der Waals surface area contributed by atoms with E-state index in [2.05, 4.69) is 20.3 Å². The Bertz CT molecular complexity index is 1970. The van der Waals surface area contributed by atoms with Crippen LogP contribution in [0, 0.1) is 5.41 Å². The van der Waals surface area contributed by atoms with E-state index >= 15 is 0 Å². The van der Waals surface area contributed by atoms with Gasteiger partial charge < -0.3 is 20.1 Å². The number of benzene rings is 1. The number of rotatable bonds is 6. The molecule has 3 atom stereocenters. The van der Waals surface area contributed by atoms with Gasteiger partial charge in [-0.15, -0.1) is 0 Å². The molecule has 6 heterocycles. The number of halogens is 1. The van der Waals surface area contributed by atoms with E-state index in [0.717, 1.165) is 16.5 Å². The Kier molecular flexibility index (Phi) is 7.76. The summed E-state index contributed by atoms with van der Waals surface area (Å²) in [6.07, 6.45) is 2.34. The van der Waals surface area contributed by atoms with E-state index in [1.807, 2.05) is 91.2 Å². The van der Waals surface area contributed by atoms with Crippen LogP contribution < -0.4 is 5.32 Å². The highest BCUT2D eigenvalue weighted by Gasteiger charge is 2.50. The number of carbonyl (C=O) groups is 3. The minimum absolute atomic E-state index is 0.119. The van der Waals surface area contributed by atoms with E-state index < -0.39 is 11.5 Å². The Hall–Kier alpha value is -5.09. The fourth-order valence-electron chi connectivity index (χ4n) is 6.51. The lowest BCUT2D eigenvalue weighted by Gasteiger charge is -2.39. The fourth-order valence-corrected chi connectivity index (χ4v) is 6.68. The average Bonchev–Trinajstić information content (AvgIpc) is 3.81. The number of nitrogens with one attached hydrogen (secondary N) is 2. The second kappa shape index (κ2) is 11.9. The molecule has 0 radical (unpaired) electrons. The van der Waals surface area contributed by atoms with E-state index in [1.54, 1.807) is 24.4 Å². The van der Waals surface area contributed by atoms with Crippen molar-refractivity contribution in [1.82, 2.24) is 35.1 Å². The summed E-state index contributed by atoms with van der Waals surface area (Å²) >= 11 is 6.06. The Morgan fingerprint density at radius 1 is 0.872 bits per heavy atom. The fraction of sp³-hybridized carbons (Fsp3) is 0.278. The van der Waals surface area contributed by atoms with Crippen molar-refractivity contribution in [3.8, 4) is 22.6 Å². The molecule has 0 saturated carbocycles. The summed E-state index contributed by atoms with van der Waals surface area (Å²) in [4.78, 5) is 61.1. The molecule has 2 saturated heterocycles. The van der Waals surface area contributed by atoms with Crippen LogP contribution in [0.5, 0.6) is 0 Å². The third-order valence-corrected chi connectivity index (χ3v) is 9.16. The topological polar surface area (TPSA) is 124 Å². The average molecular weight is 648 g/mol. The van der Waals surface area contributed by atoms with E-state index in [-0.39, 0.29) is 29.8 Å². The molecule has 1 aromatic carbocycles. The van der Waals surface area contributed by atoms with Gasteiger partial charge in [-0.3, -0.25) is 19.4 Å². The highest BCUT2D eigenvalue weighted by molar-refractivity contribution is 6.29. The van der Waals surface area contributed by atoms with Crippen molar-refractivity contribution in [3.63, 3.8) is 0 Å². The standard InChI is InChI=1S/C36H34ClN7O3/c1-36(2,3)32(42-33(45)30-16-21-8-4-5-9-25(21)40-30)35(47)44-20-23-17-24(44)19-43(23)34(46)29-15-14-22(18-38-29)26-10-6-11-27(39-26)28-12-7-13-31(37)41-28/h4-16,18,23-24,32,40H,17,19-20H2,1-3H3,(H,42,45)/t23-,24-,32+/m0/s1. The third-order valence-electron chi connectivity index (χ3n) is 8.95. The number of hydrogen-bond acceptors (Lipinski definition) is 6. The maximum absolute atomic E-state index is 13.9. The highest BCUT2D eigenvalue weighted by atomic mass is 35.5. The molecule has 7 rings (SSSR count). The Labute approximate surface area is 277 Å². The van der Waals surface area contributed by atoms with Crippen molar-refractivity contribution >= 4 is 40.2 Å². The molecule has 2 aliphatic rings. The number of pyridine rings is 3. The highest BCUT2D eigenvalue weighted by Crippen LogP contribution is 2.34. The van der Waals surface area contributed by atoms with Crippen LogP contribution in [0.3, 0.4) is 0 Å². The number of para-hydroxylation sites is 1. The van der Waals surface area contributed by atoms with Crippen molar-refractivity contribution in [2.24, 2.45) is 5.41 Å². The predicted octanol–water partition coefficient (Wildman–Crippen LogP) is 5.61. The third kappa shape index (κ3) is 5.96. The molecule has 2 bridgehead atoms. The molecule has 10 nitrogen and oxygen atoms in total. The lowest BCUT2D eigenvalue weighted by Crippen LogP contribution is -2.59. The molecule has 4 aromatic heterocycles. The van der Waals surface area contributed by atoms with Gasteiger partial charge in [-0.2, -0.15) is 0 Å². The molecule has 2 fully saturated rings. The first-order chi connectivity index (χ1) is 22.5. The zero-order valence-corrected chi connectivity index (χ0v) is 27.0. The zero-order chi connectivity index (χ0) is 32.9. The van der Waals surface area contributed by atoms with Gasteiger partial charge in [0.1, 0.15) is 22.6 Å². The molecule has 5 aromatic rings. The van der Waals surface area contributed by atoms with Gasteiger partial charge in [-0.1, -0.05) is 62.7 Å². The summed E-state index contributed by atoms with van der Waals surface area (Å²) in [6, 6.07) is 23.1. The van der Waals surface area contributed by atoms with Crippen LogP contribution in [0.15, 0.2) is 85.1 Å². The molecule has 238 valence electrons. The maximum Gasteiger partial charge on any atom is 0.272 e. The van der Waals surface area contributed by atoms with Gasteiger partial charge in [0, 0.05) is 35.8 Å². The maximum atomic E-state index is 13.9. The van der Waals surface area contributed by atoms with Crippen LogP contribution in [-0.2, 0) is 4.79 Å². The lowest BCUT2D eigenvalue weighted by molar-refractivity contribution is -0.138. The molecule has 11 heteroatoms. The summed E-state index contributed by atoms with van der Waals surface area (Å²) in [5.41, 5.74) is 3.91. The number of hydrogen-bond donors (Lipinski definition) is 2. The van der Waals surface area contributed by atoms with Crippen LogP contribution in [-0.4, -0.2) is 78.7 Å². The first kappa shape index (κ1) is 30.6. The monoisotopic (exact) mass is 647 g/mol. The number of likely N-dealkylation sites (tertiary alicyclic amines) is 2. The lowest BCUT2D eigenvalue weighted by atomic mass is 9.85. The normalized spacial score (nSPS) is 18.0. The van der Waals surface area contributed by atoms with Crippen LogP contribution in [0.2, 0.25) is 5.15 Å². The van der Waals surface area contributed by atoms with Gasteiger partial charge in [0.2, 0.25) is 5.91 Å². The summed E-state index contributed by atoms with van der Waals surface area (Å²) in [6.45, 7) is 6.67. The van der Waals surface area contributed by atoms with Crippen LogP contribution in [0.1, 0.15) is 48.2 Å². The molecule has 0 spiro atoms. The van der Waals surface area contributed by atoms with Gasteiger partial charge in [-0.25, -0.2) is 9.97 Å². The van der Waals surface area contributed by atoms with Gasteiger partial charge in [0.05, 0.1) is 29.2 Å². The van der Waals surface area contributed by atoms with Crippen LogP contribution >= 0.6 is 11.6 Å². The minimum atomic E-state index is -0.735. The number of aromatic nitrogens is 4. The van der Waals surface area contributed by atoms with E-state index in [1.165, 1.54) is 0 Å². The van der Waals surface area contributed by atoms with E-state index in [9.17, 15) is 14.4 Å². The summed E-state index contributed by atoms with van der Waals surface area (Å²) in [5, 5.41) is 4.32. The number of H-pyrrole nitrogens is 1. The van der Waals surface area contributed by atoms with Crippen molar-refractivity contribution < 1.29 is 14.4 Å². The molecule has 47 heavy (non-hydrogen) atoms. The Morgan fingerprint density at radius 2 is 1.57 bits per heavy atom. The number of aromatic amines is 1. The van der Waals surface area contributed by atoms with E-state index in [4.69, 9.17) is 16.6 Å². The number of amides is 3. The van der Waals surface area contributed by atoms with Gasteiger partial charge >= 0.3 is 0 Å². The van der Waals surface area contributed by atoms with E-state index in [0.29, 0.717) is 53.1 Å². The van der Waals surface area contributed by atoms with Crippen LogP contribution in [0.4, 0.5) is 0 Å². The summed E-state index contributed by atoms with van der Waals surface area (Å²) < 4.78 is 0. The number of carbonyl (C=O) groups excluding carboxylic acids is 3. The second-order valence-corrected chi connectivity index (χ2v) is 13.6. The van der Waals surface area contributed by atoms with Gasteiger partial charge in [0.15, 0.2) is 0 Å².